The van der Waals surface area contributed by atoms with E-state index >= 15 is 0 Å². The number of rotatable bonds is 2. The first-order valence-corrected chi connectivity index (χ1v) is 6.47. The van der Waals surface area contributed by atoms with Gasteiger partial charge in [0.25, 0.3) is 0 Å². The summed E-state index contributed by atoms with van der Waals surface area (Å²) in [6, 6.07) is 9.01. The van der Waals surface area contributed by atoms with Gasteiger partial charge in [0.1, 0.15) is 5.38 Å². The van der Waals surface area contributed by atoms with Crippen LogP contribution in [0.3, 0.4) is 0 Å². The van der Waals surface area contributed by atoms with Crippen molar-refractivity contribution in [3.8, 4) is 0 Å². The van der Waals surface area contributed by atoms with Gasteiger partial charge >= 0.3 is 6.01 Å². The van der Waals surface area contributed by atoms with Gasteiger partial charge < -0.3 is 9.32 Å². The summed E-state index contributed by atoms with van der Waals surface area (Å²) < 4.78 is 5.57. The predicted octanol–water partition coefficient (Wildman–Crippen LogP) is 2.93. The molecule has 1 aliphatic rings. The first kappa shape index (κ1) is 11.5. The fraction of sp³-hybridized carbons (Fsp3) is 0.385. The summed E-state index contributed by atoms with van der Waals surface area (Å²) in [6.07, 6.45) is 1.00. The van der Waals surface area contributed by atoms with E-state index in [1.54, 1.807) is 0 Å². The molecule has 0 saturated heterocycles. The lowest BCUT2D eigenvalue weighted by Gasteiger charge is -2.26. The molecule has 3 rings (SSSR count). The van der Waals surface area contributed by atoms with E-state index in [9.17, 15) is 0 Å². The van der Waals surface area contributed by atoms with Crippen LogP contribution in [-0.2, 0) is 13.0 Å². The normalized spacial score (nSPS) is 16.4. The maximum absolute atomic E-state index is 5.92. The summed E-state index contributed by atoms with van der Waals surface area (Å²) in [5.74, 6) is 0.477. The standard InChI is InChI=1S/C13H14ClN3O/c1-9(14)12-15-16-13(18-12)17-7-6-10-4-2-3-5-11(10)8-17/h2-5,9H,6-8H2,1H3. The van der Waals surface area contributed by atoms with Crippen LogP contribution in [-0.4, -0.2) is 16.7 Å². The zero-order valence-electron chi connectivity index (χ0n) is 10.1. The van der Waals surface area contributed by atoms with E-state index in [1.165, 1.54) is 11.1 Å². The van der Waals surface area contributed by atoms with E-state index in [4.69, 9.17) is 16.0 Å². The molecule has 0 amide bonds. The Labute approximate surface area is 111 Å². The van der Waals surface area contributed by atoms with Crippen molar-refractivity contribution < 1.29 is 4.42 Å². The first-order chi connectivity index (χ1) is 8.74. The van der Waals surface area contributed by atoms with Gasteiger partial charge in [0.15, 0.2) is 0 Å². The molecule has 0 bridgehead atoms. The van der Waals surface area contributed by atoms with Crippen LogP contribution in [0, 0.1) is 0 Å². The summed E-state index contributed by atoms with van der Waals surface area (Å²) in [5.41, 5.74) is 2.72. The van der Waals surface area contributed by atoms with Crippen molar-refractivity contribution in [2.75, 3.05) is 11.4 Å². The Bertz CT molecular complexity index is 553. The minimum Gasteiger partial charge on any atom is -0.406 e. The lowest BCUT2D eigenvalue weighted by molar-refractivity contribution is 0.478. The third-order valence-corrected chi connectivity index (χ3v) is 3.36. The molecule has 0 aliphatic carbocycles. The number of aromatic nitrogens is 2. The highest BCUT2D eigenvalue weighted by Crippen LogP contribution is 2.26. The average molecular weight is 264 g/mol. The Morgan fingerprint density at radius 3 is 2.78 bits per heavy atom. The summed E-state index contributed by atoms with van der Waals surface area (Å²) >= 11 is 5.92. The molecule has 0 radical (unpaired) electrons. The van der Waals surface area contributed by atoms with E-state index in [-0.39, 0.29) is 5.38 Å². The number of nitrogens with zero attached hydrogens (tertiary/aromatic N) is 3. The highest BCUT2D eigenvalue weighted by molar-refractivity contribution is 6.20. The number of fused-ring (bicyclic) bond motifs is 1. The number of benzene rings is 1. The van der Waals surface area contributed by atoms with Crippen LogP contribution < -0.4 is 4.90 Å². The van der Waals surface area contributed by atoms with Gasteiger partial charge in [-0.3, -0.25) is 0 Å². The van der Waals surface area contributed by atoms with Crippen molar-refractivity contribution in [2.45, 2.75) is 25.3 Å². The quantitative estimate of drug-likeness (QED) is 0.782. The van der Waals surface area contributed by atoms with E-state index < -0.39 is 0 Å². The van der Waals surface area contributed by atoms with Crippen molar-refractivity contribution in [1.82, 2.24) is 10.2 Å². The maximum Gasteiger partial charge on any atom is 0.318 e. The number of hydrogen-bond acceptors (Lipinski definition) is 4. The van der Waals surface area contributed by atoms with Crippen LogP contribution in [0.2, 0.25) is 0 Å². The Hall–Kier alpha value is -1.55. The molecule has 1 aromatic carbocycles. The Morgan fingerprint density at radius 1 is 1.28 bits per heavy atom. The highest BCUT2D eigenvalue weighted by atomic mass is 35.5. The third kappa shape index (κ3) is 2.08. The molecule has 0 saturated carbocycles. The Balaban J connectivity index is 1.83. The molecule has 5 heteroatoms. The molecule has 1 aliphatic heterocycles. The van der Waals surface area contributed by atoms with Crippen LogP contribution in [0.25, 0.3) is 0 Å². The van der Waals surface area contributed by atoms with Gasteiger partial charge in [-0.25, -0.2) is 0 Å². The minimum atomic E-state index is -0.247. The largest absolute Gasteiger partial charge is 0.406 e. The van der Waals surface area contributed by atoms with Crippen LogP contribution in [0.4, 0.5) is 6.01 Å². The molecule has 1 unspecified atom stereocenters. The van der Waals surface area contributed by atoms with Crippen molar-refractivity contribution >= 4 is 17.6 Å². The Kier molecular flexibility index (Phi) is 2.96. The maximum atomic E-state index is 5.92. The van der Waals surface area contributed by atoms with Crippen molar-refractivity contribution in [2.24, 2.45) is 0 Å². The zero-order chi connectivity index (χ0) is 12.5. The Morgan fingerprint density at radius 2 is 2.06 bits per heavy atom. The molecule has 18 heavy (non-hydrogen) atoms. The second-order valence-electron chi connectivity index (χ2n) is 4.48. The molecule has 1 atom stereocenters. The monoisotopic (exact) mass is 263 g/mol. The van der Waals surface area contributed by atoms with Crippen LogP contribution in [0.1, 0.15) is 29.3 Å². The molecule has 2 heterocycles. The molecule has 0 spiro atoms. The topological polar surface area (TPSA) is 42.2 Å². The molecular weight excluding hydrogens is 250 g/mol. The van der Waals surface area contributed by atoms with Crippen LogP contribution in [0.5, 0.6) is 0 Å². The molecule has 0 fully saturated rings. The van der Waals surface area contributed by atoms with E-state index in [2.05, 4.69) is 39.4 Å². The molecule has 0 N–H and O–H groups in total. The van der Waals surface area contributed by atoms with Gasteiger partial charge in [-0.2, -0.15) is 0 Å². The molecule has 94 valence electrons. The molecular formula is C13H14ClN3O. The van der Waals surface area contributed by atoms with Crippen molar-refractivity contribution in [3.63, 3.8) is 0 Å². The number of hydrogen-bond donors (Lipinski definition) is 0. The summed E-state index contributed by atoms with van der Waals surface area (Å²) in [6.45, 7) is 3.54. The summed E-state index contributed by atoms with van der Waals surface area (Å²) in [5, 5.41) is 7.77. The van der Waals surface area contributed by atoms with E-state index in [1.807, 2.05) is 6.92 Å². The van der Waals surface area contributed by atoms with Gasteiger partial charge in [0.2, 0.25) is 5.89 Å². The first-order valence-electron chi connectivity index (χ1n) is 6.03. The van der Waals surface area contributed by atoms with Gasteiger partial charge in [-0.1, -0.05) is 29.4 Å². The lowest BCUT2D eigenvalue weighted by atomic mass is 10.0. The van der Waals surface area contributed by atoms with Gasteiger partial charge in [0.05, 0.1) is 0 Å². The van der Waals surface area contributed by atoms with Gasteiger partial charge in [-0.15, -0.1) is 16.7 Å². The summed E-state index contributed by atoms with van der Waals surface area (Å²) in [4.78, 5) is 2.10. The summed E-state index contributed by atoms with van der Waals surface area (Å²) in [7, 11) is 0. The molecule has 1 aromatic heterocycles. The molecule has 2 aromatic rings. The third-order valence-electron chi connectivity index (χ3n) is 3.17. The average Bonchev–Trinajstić information content (AvgIpc) is 2.88. The predicted molar refractivity (Wildman–Crippen MR) is 69.8 cm³/mol. The second-order valence-corrected chi connectivity index (χ2v) is 5.13. The second kappa shape index (κ2) is 4.61. The number of halogens is 1. The van der Waals surface area contributed by atoms with Gasteiger partial charge in [-0.05, 0) is 24.5 Å². The number of alkyl halides is 1. The minimum absolute atomic E-state index is 0.247. The van der Waals surface area contributed by atoms with Gasteiger partial charge in [0, 0.05) is 13.1 Å². The zero-order valence-corrected chi connectivity index (χ0v) is 10.9. The van der Waals surface area contributed by atoms with Crippen molar-refractivity contribution in [1.29, 1.82) is 0 Å². The smallest absolute Gasteiger partial charge is 0.318 e. The van der Waals surface area contributed by atoms with E-state index in [0.29, 0.717) is 11.9 Å². The van der Waals surface area contributed by atoms with Crippen LogP contribution >= 0.6 is 11.6 Å². The van der Waals surface area contributed by atoms with Crippen LogP contribution in [0.15, 0.2) is 28.7 Å². The highest BCUT2D eigenvalue weighted by Gasteiger charge is 2.21. The lowest BCUT2D eigenvalue weighted by Crippen LogP contribution is -2.30. The fourth-order valence-electron chi connectivity index (χ4n) is 2.17. The van der Waals surface area contributed by atoms with Crippen molar-refractivity contribution in [3.05, 3.63) is 41.3 Å². The van der Waals surface area contributed by atoms with E-state index in [0.717, 1.165) is 19.5 Å². The fourth-order valence-corrected chi connectivity index (χ4v) is 2.26. The SMILES string of the molecule is CC(Cl)c1nnc(N2CCc3ccccc3C2)o1. The number of anilines is 1. The molecule has 4 nitrogen and oxygen atoms in total.